The van der Waals surface area contributed by atoms with E-state index in [4.69, 9.17) is 14.5 Å². The number of unbranched alkanes of at least 4 members (excludes halogenated alkanes) is 1. The van der Waals surface area contributed by atoms with Gasteiger partial charge in [-0.1, -0.05) is 81.4 Å². The first-order valence-corrected chi connectivity index (χ1v) is 17.5. The number of aryl methyl sites for hydroxylation is 1. The third-order valence-corrected chi connectivity index (χ3v) is 8.23. The molecule has 0 fully saturated rings. The minimum atomic E-state index is -0.237. The van der Waals surface area contributed by atoms with Crippen LogP contribution in [0.1, 0.15) is 78.0 Å². The van der Waals surface area contributed by atoms with Crippen LogP contribution in [0.2, 0.25) is 0 Å². The van der Waals surface area contributed by atoms with Gasteiger partial charge in [-0.3, -0.25) is 9.59 Å². The third-order valence-electron chi connectivity index (χ3n) is 8.23. The van der Waals surface area contributed by atoms with Crippen LogP contribution in [0.3, 0.4) is 0 Å². The van der Waals surface area contributed by atoms with Crippen molar-refractivity contribution in [2.24, 2.45) is 0 Å². The lowest BCUT2D eigenvalue weighted by atomic mass is 9.86. The molecular formula is C38H51N7O4. The van der Waals surface area contributed by atoms with Gasteiger partial charge in [-0.05, 0) is 66.1 Å². The van der Waals surface area contributed by atoms with Crippen LogP contribution in [0.4, 0.5) is 0 Å². The standard InChI is InChI=1S/C38H51N7O4/c1-4-34(46)39-22-14-25-48-26-15-23-40-35(47)20-13-24-45-37(42-43-44-45)38(2,3)21-11-12-27-49-36-29-32(30-16-7-5-8-17-30)28-33(41-36)31-18-9-6-10-19-31/h5-10,16-19,28-29H,4,11-15,20-27H2,1-3H3,(H,39,46)(H,40,47). The number of amides is 2. The van der Waals surface area contributed by atoms with Gasteiger partial charge in [0.25, 0.3) is 0 Å². The quantitative estimate of drug-likeness (QED) is 0.0953. The minimum absolute atomic E-state index is 0.0100. The maximum atomic E-state index is 12.3. The van der Waals surface area contributed by atoms with E-state index in [0.717, 1.165) is 60.3 Å². The molecule has 4 rings (SSSR count). The van der Waals surface area contributed by atoms with Crippen LogP contribution in [0.15, 0.2) is 72.8 Å². The molecule has 262 valence electrons. The van der Waals surface area contributed by atoms with Gasteiger partial charge in [0, 0.05) is 62.7 Å². The second-order valence-corrected chi connectivity index (χ2v) is 12.7. The summed E-state index contributed by atoms with van der Waals surface area (Å²) in [6, 6.07) is 24.6. The fourth-order valence-electron chi connectivity index (χ4n) is 5.44. The highest BCUT2D eigenvalue weighted by molar-refractivity contribution is 5.76. The summed E-state index contributed by atoms with van der Waals surface area (Å²) in [6.45, 7) is 9.63. The maximum absolute atomic E-state index is 12.3. The second kappa shape index (κ2) is 20.0. The molecule has 0 atom stereocenters. The number of hydrogen-bond acceptors (Lipinski definition) is 8. The lowest BCUT2D eigenvalue weighted by Gasteiger charge is -2.23. The molecule has 0 radical (unpaired) electrons. The molecule has 2 heterocycles. The van der Waals surface area contributed by atoms with Crippen LogP contribution in [0.25, 0.3) is 22.4 Å². The van der Waals surface area contributed by atoms with Crippen molar-refractivity contribution >= 4 is 11.8 Å². The van der Waals surface area contributed by atoms with Gasteiger partial charge in [-0.2, -0.15) is 0 Å². The number of benzene rings is 2. The molecule has 4 aromatic rings. The topological polar surface area (TPSA) is 133 Å². The molecule has 0 spiro atoms. The minimum Gasteiger partial charge on any atom is -0.478 e. The number of carbonyl (C=O) groups excluding carboxylic acids is 2. The molecule has 2 aromatic heterocycles. The summed E-state index contributed by atoms with van der Waals surface area (Å²) in [4.78, 5) is 28.4. The molecule has 2 amide bonds. The predicted octanol–water partition coefficient (Wildman–Crippen LogP) is 6.15. The summed E-state index contributed by atoms with van der Waals surface area (Å²) >= 11 is 0. The first kappa shape index (κ1) is 37.2. The van der Waals surface area contributed by atoms with Crippen LogP contribution >= 0.6 is 0 Å². The number of tetrazole rings is 1. The monoisotopic (exact) mass is 669 g/mol. The van der Waals surface area contributed by atoms with Gasteiger partial charge in [-0.25, -0.2) is 9.67 Å². The van der Waals surface area contributed by atoms with E-state index in [1.54, 1.807) is 0 Å². The van der Waals surface area contributed by atoms with Crippen molar-refractivity contribution in [1.29, 1.82) is 0 Å². The molecule has 49 heavy (non-hydrogen) atoms. The van der Waals surface area contributed by atoms with Crippen molar-refractivity contribution in [2.45, 2.75) is 84.1 Å². The average Bonchev–Trinajstić information content (AvgIpc) is 3.61. The Hall–Kier alpha value is -4.64. The summed E-state index contributed by atoms with van der Waals surface area (Å²) in [7, 11) is 0. The highest BCUT2D eigenvalue weighted by atomic mass is 16.5. The van der Waals surface area contributed by atoms with Crippen LogP contribution in [0.5, 0.6) is 5.88 Å². The fraction of sp³-hybridized carbons (Fsp3) is 0.474. The van der Waals surface area contributed by atoms with E-state index < -0.39 is 0 Å². The molecule has 0 bridgehead atoms. The number of hydrogen-bond donors (Lipinski definition) is 2. The lowest BCUT2D eigenvalue weighted by Crippen LogP contribution is -2.27. The predicted molar refractivity (Wildman–Crippen MR) is 191 cm³/mol. The van der Waals surface area contributed by atoms with Crippen LogP contribution in [0, 0.1) is 0 Å². The molecule has 11 nitrogen and oxygen atoms in total. The first-order chi connectivity index (χ1) is 23.9. The van der Waals surface area contributed by atoms with E-state index in [2.05, 4.69) is 70.3 Å². The molecule has 0 unspecified atom stereocenters. The number of ether oxygens (including phenoxy) is 2. The van der Waals surface area contributed by atoms with E-state index in [1.165, 1.54) is 0 Å². The Balaban J connectivity index is 1.15. The van der Waals surface area contributed by atoms with Gasteiger partial charge in [0.2, 0.25) is 17.7 Å². The van der Waals surface area contributed by atoms with Crippen LogP contribution in [-0.4, -0.2) is 69.9 Å². The zero-order valence-electron chi connectivity index (χ0n) is 29.2. The smallest absolute Gasteiger partial charge is 0.220 e. The highest BCUT2D eigenvalue weighted by Gasteiger charge is 2.27. The Morgan fingerprint density at radius 3 is 2.14 bits per heavy atom. The fourth-order valence-corrected chi connectivity index (χ4v) is 5.44. The van der Waals surface area contributed by atoms with Crippen LogP contribution in [-0.2, 0) is 26.3 Å². The van der Waals surface area contributed by atoms with Gasteiger partial charge < -0.3 is 20.1 Å². The summed E-state index contributed by atoms with van der Waals surface area (Å²) < 4.78 is 13.6. The molecule has 0 aliphatic heterocycles. The second-order valence-electron chi connectivity index (χ2n) is 12.7. The Kier molecular flexibility index (Phi) is 15.2. The van der Waals surface area contributed by atoms with Crippen molar-refractivity contribution in [3.63, 3.8) is 0 Å². The Morgan fingerprint density at radius 1 is 0.776 bits per heavy atom. The van der Waals surface area contributed by atoms with E-state index >= 15 is 0 Å². The van der Waals surface area contributed by atoms with Gasteiger partial charge in [0.1, 0.15) is 0 Å². The summed E-state index contributed by atoms with van der Waals surface area (Å²) in [6.07, 6.45) is 5.76. The molecule has 0 saturated heterocycles. The van der Waals surface area contributed by atoms with Crippen molar-refractivity contribution in [1.82, 2.24) is 35.8 Å². The van der Waals surface area contributed by atoms with Crippen molar-refractivity contribution in [3.05, 3.63) is 78.6 Å². The molecule has 2 N–H and O–H groups in total. The molecule has 2 aromatic carbocycles. The Morgan fingerprint density at radius 2 is 1.45 bits per heavy atom. The van der Waals surface area contributed by atoms with E-state index in [-0.39, 0.29) is 17.2 Å². The van der Waals surface area contributed by atoms with Gasteiger partial charge in [0.05, 0.1) is 12.3 Å². The van der Waals surface area contributed by atoms with Crippen LogP contribution < -0.4 is 15.4 Å². The van der Waals surface area contributed by atoms with E-state index in [1.807, 2.05) is 54.1 Å². The number of carbonyl (C=O) groups is 2. The van der Waals surface area contributed by atoms with E-state index in [0.29, 0.717) is 64.6 Å². The summed E-state index contributed by atoms with van der Waals surface area (Å²) in [5, 5.41) is 18.3. The zero-order valence-corrected chi connectivity index (χ0v) is 29.2. The molecule has 11 heteroatoms. The maximum Gasteiger partial charge on any atom is 0.220 e. The van der Waals surface area contributed by atoms with Gasteiger partial charge in [0.15, 0.2) is 5.82 Å². The summed E-state index contributed by atoms with van der Waals surface area (Å²) in [5.74, 6) is 1.50. The zero-order chi connectivity index (χ0) is 34.7. The Labute approximate surface area is 290 Å². The molecular weight excluding hydrogens is 618 g/mol. The Bertz CT molecular complexity index is 1500. The first-order valence-electron chi connectivity index (χ1n) is 17.5. The average molecular weight is 670 g/mol. The molecule has 0 aliphatic rings. The number of rotatable bonds is 22. The van der Waals surface area contributed by atoms with Crippen molar-refractivity contribution in [3.8, 4) is 28.3 Å². The number of nitrogens with one attached hydrogen (secondary N) is 2. The molecule has 0 saturated carbocycles. The number of pyridine rings is 1. The normalized spacial score (nSPS) is 11.3. The third kappa shape index (κ3) is 12.7. The van der Waals surface area contributed by atoms with Gasteiger partial charge >= 0.3 is 0 Å². The van der Waals surface area contributed by atoms with Crippen molar-refractivity contribution < 1.29 is 19.1 Å². The lowest BCUT2D eigenvalue weighted by molar-refractivity contribution is -0.121. The SMILES string of the molecule is CCC(=O)NCCCOCCCNC(=O)CCCn1nnnc1C(C)(C)CCCCOc1cc(-c2ccccc2)cc(-c2ccccc2)n1. The number of nitrogens with zero attached hydrogens (tertiary/aromatic N) is 5. The van der Waals surface area contributed by atoms with Crippen molar-refractivity contribution in [2.75, 3.05) is 32.9 Å². The van der Waals surface area contributed by atoms with E-state index in [9.17, 15) is 9.59 Å². The number of aromatic nitrogens is 5. The summed E-state index contributed by atoms with van der Waals surface area (Å²) in [5.41, 5.74) is 3.89. The van der Waals surface area contributed by atoms with Gasteiger partial charge in [-0.15, -0.1) is 5.10 Å². The molecule has 0 aliphatic carbocycles. The largest absolute Gasteiger partial charge is 0.478 e. The highest BCUT2D eigenvalue weighted by Crippen LogP contribution is 2.30.